The lowest BCUT2D eigenvalue weighted by atomic mass is 9.72. The summed E-state index contributed by atoms with van der Waals surface area (Å²) in [6.45, 7) is 6.77. The molecule has 1 aliphatic carbocycles. The van der Waals surface area contributed by atoms with Crippen molar-refractivity contribution < 1.29 is 37.3 Å². The summed E-state index contributed by atoms with van der Waals surface area (Å²) in [7, 11) is 0. The second kappa shape index (κ2) is 14.4. The van der Waals surface area contributed by atoms with Gasteiger partial charge in [0.2, 0.25) is 0 Å². The van der Waals surface area contributed by atoms with Crippen LogP contribution in [0.1, 0.15) is 63.5 Å². The Balaban J connectivity index is 0.000000616. The summed E-state index contributed by atoms with van der Waals surface area (Å²) >= 11 is 3.66. The van der Waals surface area contributed by atoms with Crippen LogP contribution in [0.25, 0.3) is 0 Å². The first-order chi connectivity index (χ1) is 19.9. The predicted octanol–water partition coefficient (Wildman–Crippen LogP) is 6.97. The highest BCUT2D eigenvalue weighted by atomic mass is 79.9. The molecule has 1 aromatic heterocycles. The molecule has 0 radical (unpaired) electrons. The zero-order valence-corrected chi connectivity index (χ0v) is 24.9. The molecule has 0 bridgehead atoms. The number of nitrogens with one attached hydrogen (secondary N) is 1. The van der Waals surface area contributed by atoms with Gasteiger partial charge in [0.1, 0.15) is 6.61 Å². The second-order valence-corrected chi connectivity index (χ2v) is 10.7. The molecule has 1 aromatic carbocycles. The summed E-state index contributed by atoms with van der Waals surface area (Å²) in [5, 5.41) is 20.6. The minimum absolute atomic E-state index is 0.119. The highest BCUT2D eigenvalue weighted by Crippen LogP contribution is 2.47. The highest BCUT2D eigenvalue weighted by molar-refractivity contribution is 9.10. The van der Waals surface area contributed by atoms with Crippen molar-refractivity contribution in [3.8, 4) is 17.6 Å². The number of carbonyl (C=O) groups is 2. The van der Waals surface area contributed by atoms with Gasteiger partial charge in [-0.1, -0.05) is 19.4 Å². The van der Waals surface area contributed by atoms with E-state index >= 15 is 0 Å². The van der Waals surface area contributed by atoms with Gasteiger partial charge in [-0.3, -0.25) is 9.78 Å². The Morgan fingerprint density at radius 1 is 1.26 bits per heavy atom. The highest BCUT2D eigenvalue weighted by Gasteiger charge is 2.39. The van der Waals surface area contributed by atoms with Crippen LogP contribution in [0, 0.1) is 17.2 Å². The lowest BCUT2D eigenvalue weighted by molar-refractivity contribution is -0.192. The van der Waals surface area contributed by atoms with Crippen LogP contribution < -0.4 is 14.8 Å². The number of halogens is 4. The fraction of sp³-hybridized carbons (Fsp3) is 0.400. The number of ether oxygens (including phenoxy) is 2. The molecule has 0 fully saturated rings. The van der Waals surface area contributed by atoms with Crippen LogP contribution in [0.15, 0.2) is 63.7 Å². The number of dihydropyridines is 1. The fourth-order valence-corrected chi connectivity index (χ4v) is 5.58. The minimum Gasteiger partial charge on any atom is -0.490 e. The summed E-state index contributed by atoms with van der Waals surface area (Å²) in [5.74, 6) is -1.58. The number of carboxylic acid groups (broad SMARTS) is 1. The van der Waals surface area contributed by atoms with Crippen LogP contribution in [-0.2, 0) is 16.2 Å². The number of ketones is 1. The molecular formula is C30H31BrF3N3O5. The van der Waals surface area contributed by atoms with Crippen LogP contribution in [0.4, 0.5) is 13.2 Å². The van der Waals surface area contributed by atoms with E-state index in [-0.39, 0.29) is 5.78 Å². The molecule has 0 amide bonds. The van der Waals surface area contributed by atoms with Crippen LogP contribution in [0.5, 0.6) is 11.5 Å². The molecule has 8 nitrogen and oxygen atoms in total. The number of hydrogen-bond acceptors (Lipinski definition) is 7. The molecule has 2 atom stereocenters. The molecule has 2 unspecified atom stereocenters. The van der Waals surface area contributed by atoms with Gasteiger partial charge in [0.05, 0.1) is 28.6 Å². The zero-order chi connectivity index (χ0) is 31.0. The third kappa shape index (κ3) is 7.91. The van der Waals surface area contributed by atoms with Crippen LogP contribution in [0.3, 0.4) is 0 Å². The smallest absolute Gasteiger partial charge is 0.490 e. The monoisotopic (exact) mass is 649 g/mol. The van der Waals surface area contributed by atoms with Crippen molar-refractivity contribution >= 4 is 27.7 Å². The average Bonchev–Trinajstić information content (AvgIpc) is 2.92. The first-order valence-corrected chi connectivity index (χ1v) is 14.1. The first-order valence-electron chi connectivity index (χ1n) is 13.3. The molecule has 42 heavy (non-hydrogen) atoms. The van der Waals surface area contributed by atoms with E-state index in [2.05, 4.69) is 39.2 Å². The van der Waals surface area contributed by atoms with Crippen molar-refractivity contribution in [3.05, 3.63) is 74.8 Å². The Morgan fingerprint density at radius 3 is 2.55 bits per heavy atom. The molecule has 0 spiro atoms. The van der Waals surface area contributed by atoms with Crippen LogP contribution >= 0.6 is 15.9 Å². The summed E-state index contributed by atoms with van der Waals surface area (Å²) in [6, 6.07) is 10.0. The maximum Gasteiger partial charge on any atom is 0.490 e. The zero-order valence-electron chi connectivity index (χ0n) is 23.3. The van der Waals surface area contributed by atoms with E-state index in [4.69, 9.17) is 19.4 Å². The van der Waals surface area contributed by atoms with Gasteiger partial charge in [0, 0.05) is 41.3 Å². The standard InChI is InChI=1S/C28H30BrN3O3.C2HF3O2/c1-4-7-18-10-23-27(24(33)11-18)26(21(14-30)17(3)32-23)20-12-22(29)28(25(13-20)34-5-2)35-16-19-8-6-9-31-15-19;3-2(4,5)1(6)7/h6,8-9,12-13,15,18,26,32H,4-5,7,10-11,16H2,1-3H3;(H,6,7). The number of nitriles is 1. The molecule has 2 N–H and O–H groups in total. The van der Waals surface area contributed by atoms with E-state index < -0.39 is 18.1 Å². The van der Waals surface area contributed by atoms with Crippen molar-refractivity contribution in [2.45, 2.75) is 65.2 Å². The summed E-state index contributed by atoms with van der Waals surface area (Å²) in [6.07, 6.45) is 1.82. The number of aromatic nitrogens is 1. The van der Waals surface area contributed by atoms with Crippen LogP contribution in [-0.4, -0.2) is 34.6 Å². The Hall–Kier alpha value is -3.85. The Kier molecular flexibility index (Phi) is 11.2. The third-order valence-corrected chi connectivity index (χ3v) is 7.33. The minimum atomic E-state index is -5.08. The van der Waals surface area contributed by atoms with Gasteiger partial charge in [-0.2, -0.15) is 18.4 Å². The maximum absolute atomic E-state index is 13.4. The number of Topliss-reactive ketones (excluding diaryl/α,β-unsaturated/α-hetero) is 1. The molecule has 12 heteroatoms. The van der Waals surface area contributed by atoms with Crippen molar-refractivity contribution in [1.82, 2.24) is 10.3 Å². The number of hydrogen-bond donors (Lipinski definition) is 2. The van der Waals surface area contributed by atoms with E-state index in [0.29, 0.717) is 52.7 Å². The number of carbonyl (C=O) groups excluding carboxylic acids is 1. The van der Waals surface area contributed by atoms with Gasteiger partial charge in [-0.05, 0) is 72.3 Å². The quantitative estimate of drug-likeness (QED) is 0.314. The third-order valence-electron chi connectivity index (χ3n) is 6.74. The maximum atomic E-state index is 13.4. The number of aliphatic carboxylic acids is 1. The molecular weight excluding hydrogens is 619 g/mol. The second-order valence-electron chi connectivity index (χ2n) is 9.80. The van der Waals surface area contributed by atoms with Gasteiger partial charge >= 0.3 is 12.1 Å². The molecule has 2 heterocycles. The lowest BCUT2D eigenvalue weighted by Gasteiger charge is -2.35. The van der Waals surface area contributed by atoms with E-state index in [9.17, 15) is 23.2 Å². The van der Waals surface area contributed by atoms with Crippen molar-refractivity contribution in [3.63, 3.8) is 0 Å². The van der Waals surface area contributed by atoms with Crippen LogP contribution in [0.2, 0.25) is 0 Å². The van der Waals surface area contributed by atoms with Gasteiger partial charge in [0.15, 0.2) is 17.3 Å². The Morgan fingerprint density at radius 2 is 1.98 bits per heavy atom. The average molecular weight is 650 g/mol. The molecule has 2 aliphatic rings. The molecule has 224 valence electrons. The molecule has 4 rings (SSSR count). The predicted molar refractivity (Wildman–Crippen MR) is 151 cm³/mol. The van der Waals surface area contributed by atoms with Gasteiger partial charge in [0.25, 0.3) is 0 Å². The Bertz CT molecular complexity index is 1420. The van der Waals surface area contributed by atoms with E-state index in [0.717, 1.165) is 41.8 Å². The largest absolute Gasteiger partial charge is 0.490 e. The van der Waals surface area contributed by atoms with Crippen molar-refractivity contribution in [2.24, 2.45) is 5.92 Å². The number of carboxylic acids is 1. The summed E-state index contributed by atoms with van der Waals surface area (Å²) < 4.78 is 44.5. The molecule has 0 saturated heterocycles. The first kappa shape index (κ1) is 32.7. The number of pyridine rings is 1. The molecule has 2 aromatic rings. The van der Waals surface area contributed by atoms with Gasteiger partial charge in [-0.25, -0.2) is 4.79 Å². The molecule has 1 aliphatic heterocycles. The summed E-state index contributed by atoms with van der Waals surface area (Å²) in [5.41, 5.74) is 4.79. The van der Waals surface area contributed by atoms with E-state index in [1.165, 1.54) is 0 Å². The number of nitrogens with zero attached hydrogens (tertiary/aromatic N) is 2. The molecule has 0 saturated carbocycles. The Labute approximate surface area is 250 Å². The fourth-order valence-electron chi connectivity index (χ4n) is 5.01. The van der Waals surface area contributed by atoms with E-state index in [1.807, 2.05) is 38.1 Å². The topological polar surface area (TPSA) is 122 Å². The SMILES string of the molecule is CCCC1CC(=O)C2=C(C1)NC(C)=C(C#N)C2c1cc(Br)c(OCc2cccnc2)c(OCC)c1.O=C(O)C(F)(F)F. The normalized spacial score (nSPS) is 18.3. The summed E-state index contributed by atoms with van der Waals surface area (Å²) in [4.78, 5) is 26.4. The van der Waals surface area contributed by atoms with E-state index in [1.54, 1.807) is 12.4 Å². The van der Waals surface area contributed by atoms with Gasteiger partial charge in [-0.15, -0.1) is 0 Å². The van der Waals surface area contributed by atoms with Crippen molar-refractivity contribution in [1.29, 1.82) is 5.26 Å². The number of rotatable bonds is 8. The van der Waals surface area contributed by atoms with Crippen molar-refractivity contribution in [2.75, 3.05) is 6.61 Å². The number of alkyl halides is 3. The lowest BCUT2D eigenvalue weighted by Crippen LogP contribution is -2.34. The van der Waals surface area contributed by atoms with Gasteiger partial charge < -0.3 is 19.9 Å². The number of allylic oxidation sites excluding steroid dienone is 4. The number of benzene rings is 1.